The molecule has 2 aliphatic heterocycles. The first-order chi connectivity index (χ1) is 8.43. The normalized spacial score (nSPS) is 28.0. The predicted molar refractivity (Wildman–Crippen MR) is 74.1 cm³/mol. The molecule has 84 valence electrons. The first-order valence-electron chi connectivity index (χ1n) is 5.78. The van der Waals surface area contributed by atoms with E-state index in [0.717, 1.165) is 0 Å². The summed E-state index contributed by atoms with van der Waals surface area (Å²) in [6.45, 7) is 0. The first kappa shape index (κ1) is 9.42. The number of para-hydroxylation sites is 2. The molecule has 1 N–H and O–H groups in total. The lowest BCUT2D eigenvalue weighted by molar-refractivity contribution is 0.782. The number of nitrogens with one attached hydrogen (secondary N) is 1. The Hall–Kier alpha value is -1.61. The smallest absolute Gasteiger partial charge is 0.153 e. The number of hydrogen-bond donors (Lipinski definition) is 1. The highest BCUT2D eigenvalue weighted by Crippen LogP contribution is 2.45. The molecule has 0 bridgehead atoms. The summed E-state index contributed by atoms with van der Waals surface area (Å²) < 4.78 is 0. The largest absolute Gasteiger partial charge is 0.355 e. The molecule has 0 radical (unpaired) electrons. The van der Waals surface area contributed by atoms with Crippen LogP contribution in [0.3, 0.4) is 0 Å². The molecule has 3 heteroatoms. The molecule has 1 aromatic rings. The minimum Gasteiger partial charge on any atom is -0.355 e. The van der Waals surface area contributed by atoms with E-state index in [-0.39, 0.29) is 0 Å². The van der Waals surface area contributed by atoms with Crippen LogP contribution in [0.25, 0.3) is 0 Å². The molecule has 0 aromatic heterocycles. The third-order valence-electron chi connectivity index (χ3n) is 3.38. The van der Waals surface area contributed by atoms with Gasteiger partial charge < -0.3 is 10.2 Å². The Bertz CT molecular complexity index is 559. The Kier molecular flexibility index (Phi) is 1.91. The lowest BCUT2D eigenvalue weighted by Crippen LogP contribution is -2.43. The maximum Gasteiger partial charge on any atom is 0.153 e. The van der Waals surface area contributed by atoms with Gasteiger partial charge in [-0.15, -0.1) is 0 Å². The minimum atomic E-state index is 0.331. The van der Waals surface area contributed by atoms with Crippen LogP contribution < -0.4 is 10.2 Å². The van der Waals surface area contributed by atoms with Crippen LogP contribution in [0.15, 0.2) is 59.6 Å². The molecule has 2 heterocycles. The number of nitrogens with zero attached hydrogens (tertiary/aromatic N) is 1. The minimum absolute atomic E-state index is 0.331. The topological polar surface area (TPSA) is 15.3 Å². The third kappa shape index (κ3) is 1.29. The van der Waals surface area contributed by atoms with Crippen LogP contribution in [-0.4, -0.2) is 11.5 Å². The van der Waals surface area contributed by atoms with Gasteiger partial charge in [-0.2, -0.15) is 0 Å². The molecule has 4 rings (SSSR count). The molecule has 0 spiro atoms. The zero-order valence-corrected chi connectivity index (χ0v) is 10.0. The second-order valence-corrected chi connectivity index (χ2v) is 5.32. The predicted octanol–water partition coefficient (Wildman–Crippen LogP) is 3.33. The van der Waals surface area contributed by atoms with Crippen molar-refractivity contribution in [3.8, 4) is 0 Å². The van der Waals surface area contributed by atoms with Crippen LogP contribution in [-0.2, 0) is 0 Å². The van der Waals surface area contributed by atoms with E-state index in [1.807, 2.05) is 11.8 Å². The number of thioether (sulfide) groups is 1. The fraction of sp³-hybridized carbons (Fsp3) is 0.143. The number of anilines is 2. The number of benzene rings is 1. The second-order valence-electron chi connectivity index (χ2n) is 4.36. The van der Waals surface area contributed by atoms with Gasteiger partial charge in [-0.25, -0.2) is 0 Å². The highest BCUT2D eigenvalue weighted by Gasteiger charge is 2.37. The van der Waals surface area contributed by atoms with E-state index in [0.29, 0.717) is 11.5 Å². The summed E-state index contributed by atoms with van der Waals surface area (Å²) in [5.41, 5.74) is 4.26. The highest BCUT2D eigenvalue weighted by molar-refractivity contribution is 8.03. The molecular formula is C14H12N2S. The van der Waals surface area contributed by atoms with Crippen LogP contribution in [0.5, 0.6) is 0 Å². The van der Waals surface area contributed by atoms with Gasteiger partial charge in [-0.3, -0.25) is 0 Å². The van der Waals surface area contributed by atoms with Crippen LogP contribution in [0, 0.1) is 0 Å². The third-order valence-corrected chi connectivity index (χ3v) is 4.39. The van der Waals surface area contributed by atoms with Crippen molar-refractivity contribution in [1.82, 2.24) is 0 Å². The van der Waals surface area contributed by atoms with E-state index in [1.54, 1.807) is 0 Å². The Labute approximate surface area is 105 Å². The zero-order chi connectivity index (χ0) is 11.2. The van der Waals surface area contributed by atoms with Crippen LogP contribution in [0.2, 0.25) is 0 Å². The maximum absolute atomic E-state index is 3.56. The number of fused-ring (bicyclic) bond motifs is 5. The Morgan fingerprint density at radius 3 is 3.12 bits per heavy atom. The number of rotatable bonds is 0. The van der Waals surface area contributed by atoms with Crippen molar-refractivity contribution in [2.24, 2.45) is 0 Å². The number of hydrogen-bond acceptors (Lipinski definition) is 3. The maximum atomic E-state index is 3.56. The summed E-state index contributed by atoms with van der Waals surface area (Å²) in [4.78, 5) is 2.45. The van der Waals surface area contributed by atoms with Crippen molar-refractivity contribution in [2.45, 2.75) is 11.5 Å². The van der Waals surface area contributed by atoms with Crippen molar-refractivity contribution >= 4 is 23.1 Å². The monoisotopic (exact) mass is 240 g/mol. The number of allylic oxidation sites excluding steroid dienone is 2. The van der Waals surface area contributed by atoms with E-state index in [2.05, 4.69) is 64.2 Å². The van der Waals surface area contributed by atoms with E-state index in [1.165, 1.54) is 16.9 Å². The fourth-order valence-corrected chi connectivity index (χ4v) is 3.67. The van der Waals surface area contributed by atoms with Gasteiger partial charge in [0.15, 0.2) is 5.50 Å². The molecule has 1 aliphatic carbocycles. The Morgan fingerprint density at radius 1 is 1.18 bits per heavy atom. The van der Waals surface area contributed by atoms with Crippen molar-refractivity contribution in [1.29, 1.82) is 0 Å². The van der Waals surface area contributed by atoms with Gasteiger partial charge >= 0.3 is 0 Å². The van der Waals surface area contributed by atoms with Crippen LogP contribution in [0.4, 0.5) is 11.4 Å². The van der Waals surface area contributed by atoms with Gasteiger partial charge in [0.2, 0.25) is 0 Å². The molecule has 0 fully saturated rings. The first-order valence-corrected chi connectivity index (χ1v) is 6.72. The summed E-state index contributed by atoms with van der Waals surface area (Å²) in [7, 11) is 0. The Morgan fingerprint density at radius 2 is 2.12 bits per heavy atom. The average Bonchev–Trinajstić information content (AvgIpc) is 2.77. The van der Waals surface area contributed by atoms with E-state index in [9.17, 15) is 0 Å². The van der Waals surface area contributed by atoms with Crippen LogP contribution in [0.1, 0.15) is 0 Å². The second kappa shape index (κ2) is 3.44. The molecule has 0 saturated carbocycles. The van der Waals surface area contributed by atoms with E-state index < -0.39 is 0 Å². The summed E-state index contributed by atoms with van der Waals surface area (Å²) in [6, 6.07) is 8.91. The van der Waals surface area contributed by atoms with Gasteiger partial charge in [0.1, 0.15) is 0 Å². The quantitative estimate of drug-likeness (QED) is 0.749. The molecule has 0 amide bonds. The molecule has 17 heavy (non-hydrogen) atoms. The van der Waals surface area contributed by atoms with Crippen LogP contribution >= 0.6 is 11.8 Å². The van der Waals surface area contributed by atoms with Crippen molar-refractivity contribution in [2.75, 3.05) is 10.2 Å². The van der Waals surface area contributed by atoms with Gasteiger partial charge in [0, 0.05) is 0 Å². The molecule has 2 nitrogen and oxygen atoms in total. The van der Waals surface area contributed by atoms with Gasteiger partial charge in [0.05, 0.1) is 17.4 Å². The molecular weight excluding hydrogens is 228 g/mol. The molecule has 0 saturated heterocycles. The summed E-state index contributed by atoms with van der Waals surface area (Å²) in [6.07, 6.45) is 8.71. The highest BCUT2D eigenvalue weighted by atomic mass is 32.2. The van der Waals surface area contributed by atoms with Gasteiger partial charge in [0.25, 0.3) is 0 Å². The summed E-state index contributed by atoms with van der Waals surface area (Å²) >= 11 is 1.84. The van der Waals surface area contributed by atoms with Gasteiger partial charge in [-0.1, -0.05) is 48.2 Å². The van der Waals surface area contributed by atoms with E-state index >= 15 is 0 Å². The molecule has 2 atom stereocenters. The summed E-state index contributed by atoms with van der Waals surface area (Å²) in [5, 5.41) is 5.82. The standard InChI is InChI=1S/C14H12N2S/c1-3-7-12-10(5-1)9-17-14-15-11-6-2-4-8-13(11)16(12)14/h1-9,12,14-15H/t12-,14-/m0/s1. The SMILES string of the molecule is C1=CC2=CS[C@H]3Nc4ccccc4N3[C@H]2C=C1. The molecule has 3 aliphatic rings. The van der Waals surface area contributed by atoms with Gasteiger partial charge in [-0.05, 0) is 23.1 Å². The Balaban J connectivity index is 1.84. The average molecular weight is 240 g/mol. The zero-order valence-electron chi connectivity index (χ0n) is 9.21. The molecule has 1 aromatic carbocycles. The molecule has 0 unspecified atom stereocenters. The van der Waals surface area contributed by atoms with Crippen molar-refractivity contribution < 1.29 is 0 Å². The lowest BCUT2D eigenvalue weighted by Gasteiger charge is -2.37. The van der Waals surface area contributed by atoms with Crippen molar-refractivity contribution in [3.63, 3.8) is 0 Å². The lowest BCUT2D eigenvalue weighted by atomic mass is 10.0. The van der Waals surface area contributed by atoms with E-state index in [4.69, 9.17) is 0 Å². The van der Waals surface area contributed by atoms with Crippen molar-refractivity contribution in [3.05, 3.63) is 59.6 Å². The summed E-state index contributed by atoms with van der Waals surface area (Å²) in [5.74, 6) is 0. The fourth-order valence-electron chi connectivity index (χ4n) is 2.60.